The van der Waals surface area contributed by atoms with Crippen molar-refractivity contribution in [1.82, 2.24) is 0 Å². The maximum atomic E-state index is 5.38. The smallest absolute Gasteiger partial charge is 0.162 e. The van der Waals surface area contributed by atoms with Crippen molar-refractivity contribution in [2.75, 3.05) is 32.6 Å². The summed E-state index contributed by atoms with van der Waals surface area (Å²) in [6.45, 7) is 1.35. The molecule has 0 aliphatic heterocycles. The molecule has 3 N–H and O–H groups in total. The summed E-state index contributed by atoms with van der Waals surface area (Å²) in [6.07, 6.45) is 0. The number of nitrogens with two attached hydrogens (primary N) is 1. The van der Waals surface area contributed by atoms with Crippen LogP contribution in [0.15, 0.2) is 18.2 Å². The zero-order valence-electron chi connectivity index (χ0n) is 8.54. The average molecular weight is 196 g/mol. The van der Waals surface area contributed by atoms with Crippen LogP contribution in [0.5, 0.6) is 11.5 Å². The van der Waals surface area contributed by atoms with Crippen LogP contribution in [0.3, 0.4) is 0 Å². The van der Waals surface area contributed by atoms with Crippen molar-refractivity contribution in [3.8, 4) is 11.5 Å². The maximum Gasteiger partial charge on any atom is 0.162 e. The standard InChI is InChI=1S/C10H16N2O2/c1-13-9-4-3-8(12-6-5-11)7-10(9)14-2/h3-4,7,12H,5-6,11H2,1-2H3. The first-order chi connectivity index (χ1) is 6.81. The number of methoxy groups -OCH3 is 2. The molecule has 0 radical (unpaired) electrons. The molecule has 1 aromatic rings. The Bertz CT molecular complexity index is 289. The summed E-state index contributed by atoms with van der Waals surface area (Å²) in [6, 6.07) is 5.67. The first kappa shape index (κ1) is 10.7. The van der Waals surface area contributed by atoms with Crippen LogP contribution in [0.25, 0.3) is 0 Å². The maximum absolute atomic E-state index is 5.38. The summed E-state index contributed by atoms with van der Waals surface area (Å²) in [5, 5.41) is 3.16. The SMILES string of the molecule is COc1ccc(NCCN)cc1OC. The lowest BCUT2D eigenvalue weighted by molar-refractivity contribution is 0.355. The average Bonchev–Trinajstić information content (AvgIpc) is 2.25. The van der Waals surface area contributed by atoms with Crippen molar-refractivity contribution >= 4 is 5.69 Å². The lowest BCUT2D eigenvalue weighted by Gasteiger charge is -2.10. The van der Waals surface area contributed by atoms with Gasteiger partial charge in [0.25, 0.3) is 0 Å². The van der Waals surface area contributed by atoms with Gasteiger partial charge in [-0.25, -0.2) is 0 Å². The quantitative estimate of drug-likeness (QED) is 0.739. The van der Waals surface area contributed by atoms with Crippen molar-refractivity contribution in [1.29, 1.82) is 0 Å². The van der Waals surface area contributed by atoms with Gasteiger partial charge in [0.15, 0.2) is 11.5 Å². The Balaban J connectivity index is 2.79. The number of rotatable bonds is 5. The number of nitrogens with one attached hydrogen (secondary N) is 1. The Labute approximate surface area is 84.0 Å². The zero-order chi connectivity index (χ0) is 10.4. The Morgan fingerprint density at radius 3 is 2.50 bits per heavy atom. The number of ether oxygens (including phenoxy) is 2. The molecule has 78 valence electrons. The van der Waals surface area contributed by atoms with Crippen LogP contribution in [0.2, 0.25) is 0 Å². The van der Waals surface area contributed by atoms with Crippen molar-refractivity contribution in [2.45, 2.75) is 0 Å². The van der Waals surface area contributed by atoms with Crippen molar-refractivity contribution in [3.63, 3.8) is 0 Å². The summed E-state index contributed by atoms with van der Waals surface area (Å²) < 4.78 is 10.3. The minimum absolute atomic E-state index is 0.606. The highest BCUT2D eigenvalue weighted by Crippen LogP contribution is 2.29. The Morgan fingerprint density at radius 1 is 1.21 bits per heavy atom. The van der Waals surface area contributed by atoms with Crippen molar-refractivity contribution < 1.29 is 9.47 Å². The largest absolute Gasteiger partial charge is 0.493 e. The monoisotopic (exact) mass is 196 g/mol. The Hall–Kier alpha value is -1.42. The topological polar surface area (TPSA) is 56.5 Å². The second kappa shape index (κ2) is 5.34. The molecule has 0 spiro atoms. The predicted molar refractivity (Wildman–Crippen MR) is 57.1 cm³/mol. The minimum atomic E-state index is 0.606. The fraction of sp³-hybridized carbons (Fsp3) is 0.400. The van der Waals surface area contributed by atoms with Crippen LogP contribution < -0.4 is 20.5 Å². The normalized spacial score (nSPS) is 9.64. The van der Waals surface area contributed by atoms with E-state index < -0.39 is 0 Å². The van der Waals surface area contributed by atoms with E-state index in [2.05, 4.69) is 5.32 Å². The van der Waals surface area contributed by atoms with Crippen LogP contribution in [-0.2, 0) is 0 Å². The molecule has 0 aromatic heterocycles. The van der Waals surface area contributed by atoms with E-state index in [9.17, 15) is 0 Å². The summed E-state index contributed by atoms with van der Waals surface area (Å²) in [7, 11) is 3.23. The highest BCUT2D eigenvalue weighted by molar-refractivity contribution is 5.54. The van der Waals surface area contributed by atoms with Crippen LogP contribution in [-0.4, -0.2) is 27.3 Å². The fourth-order valence-electron chi connectivity index (χ4n) is 1.16. The summed E-state index contributed by atoms with van der Waals surface area (Å²) >= 11 is 0. The summed E-state index contributed by atoms with van der Waals surface area (Å²) in [4.78, 5) is 0. The van der Waals surface area contributed by atoms with Crippen LogP contribution in [0.1, 0.15) is 0 Å². The summed E-state index contributed by atoms with van der Waals surface area (Å²) in [5.74, 6) is 1.44. The summed E-state index contributed by atoms with van der Waals surface area (Å²) in [5.41, 5.74) is 6.36. The highest BCUT2D eigenvalue weighted by Gasteiger charge is 2.03. The molecule has 0 aliphatic rings. The molecule has 0 bridgehead atoms. The molecule has 0 amide bonds. The van der Waals surface area contributed by atoms with Gasteiger partial charge < -0.3 is 20.5 Å². The first-order valence-electron chi connectivity index (χ1n) is 4.47. The molecule has 14 heavy (non-hydrogen) atoms. The zero-order valence-corrected chi connectivity index (χ0v) is 8.54. The van der Waals surface area contributed by atoms with E-state index in [1.807, 2.05) is 18.2 Å². The van der Waals surface area contributed by atoms with E-state index in [1.54, 1.807) is 14.2 Å². The molecule has 4 nitrogen and oxygen atoms in total. The third-order valence-electron chi connectivity index (χ3n) is 1.86. The number of hydrogen-bond acceptors (Lipinski definition) is 4. The molecule has 0 fully saturated rings. The van der Waals surface area contributed by atoms with Gasteiger partial charge in [-0.15, -0.1) is 0 Å². The van der Waals surface area contributed by atoms with E-state index in [-0.39, 0.29) is 0 Å². The van der Waals surface area contributed by atoms with E-state index >= 15 is 0 Å². The van der Waals surface area contributed by atoms with Crippen molar-refractivity contribution in [2.24, 2.45) is 5.73 Å². The first-order valence-corrected chi connectivity index (χ1v) is 4.47. The fourth-order valence-corrected chi connectivity index (χ4v) is 1.16. The van der Waals surface area contributed by atoms with Gasteiger partial charge in [-0.1, -0.05) is 0 Å². The third-order valence-corrected chi connectivity index (χ3v) is 1.86. The lowest BCUT2D eigenvalue weighted by Crippen LogP contribution is -2.13. The molecule has 0 saturated carbocycles. The molecule has 4 heteroatoms. The van der Waals surface area contributed by atoms with Crippen LogP contribution in [0, 0.1) is 0 Å². The molecule has 0 aliphatic carbocycles. The van der Waals surface area contributed by atoms with Gasteiger partial charge >= 0.3 is 0 Å². The van der Waals surface area contributed by atoms with Gasteiger partial charge in [0, 0.05) is 24.8 Å². The van der Waals surface area contributed by atoms with Gasteiger partial charge in [-0.05, 0) is 12.1 Å². The Morgan fingerprint density at radius 2 is 1.93 bits per heavy atom. The molecule has 0 heterocycles. The second-order valence-corrected chi connectivity index (χ2v) is 2.79. The van der Waals surface area contributed by atoms with Gasteiger partial charge in [0.2, 0.25) is 0 Å². The molecule has 0 atom stereocenters. The Kier molecular flexibility index (Phi) is 4.07. The molecule has 1 aromatic carbocycles. The number of anilines is 1. The van der Waals surface area contributed by atoms with E-state index in [0.29, 0.717) is 6.54 Å². The number of benzene rings is 1. The van der Waals surface area contributed by atoms with Gasteiger partial charge in [0.05, 0.1) is 14.2 Å². The van der Waals surface area contributed by atoms with Gasteiger partial charge in [-0.2, -0.15) is 0 Å². The third kappa shape index (κ3) is 2.53. The highest BCUT2D eigenvalue weighted by atomic mass is 16.5. The predicted octanol–water partition coefficient (Wildman–Crippen LogP) is 1.07. The molecule has 0 saturated heterocycles. The molecular formula is C10H16N2O2. The van der Waals surface area contributed by atoms with Crippen LogP contribution >= 0.6 is 0 Å². The van der Waals surface area contributed by atoms with E-state index in [0.717, 1.165) is 23.7 Å². The lowest BCUT2D eigenvalue weighted by atomic mass is 10.2. The van der Waals surface area contributed by atoms with E-state index in [1.165, 1.54) is 0 Å². The van der Waals surface area contributed by atoms with Gasteiger partial charge in [-0.3, -0.25) is 0 Å². The van der Waals surface area contributed by atoms with Crippen molar-refractivity contribution in [3.05, 3.63) is 18.2 Å². The molecule has 0 unspecified atom stereocenters. The van der Waals surface area contributed by atoms with E-state index in [4.69, 9.17) is 15.2 Å². The second-order valence-electron chi connectivity index (χ2n) is 2.79. The van der Waals surface area contributed by atoms with Gasteiger partial charge in [0.1, 0.15) is 0 Å². The minimum Gasteiger partial charge on any atom is -0.493 e. The van der Waals surface area contributed by atoms with Crippen LogP contribution in [0.4, 0.5) is 5.69 Å². The molecular weight excluding hydrogens is 180 g/mol. The molecule has 1 rings (SSSR count). The number of hydrogen-bond donors (Lipinski definition) is 2.